The van der Waals surface area contributed by atoms with Crippen LogP contribution in [0.5, 0.6) is 17.2 Å². The van der Waals surface area contributed by atoms with Gasteiger partial charge in [-0.1, -0.05) is 31.2 Å². The van der Waals surface area contributed by atoms with E-state index in [1.54, 1.807) is 21.3 Å². The number of hydrogen-bond donors (Lipinski definition) is 2. The van der Waals surface area contributed by atoms with Gasteiger partial charge in [0.25, 0.3) is 0 Å². The highest BCUT2D eigenvalue weighted by Gasteiger charge is 2.07. The number of ether oxygens (including phenoxy) is 3. The predicted octanol–water partition coefficient (Wildman–Crippen LogP) is 3.98. The van der Waals surface area contributed by atoms with Crippen LogP contribution in [0.3, 0.4) is 0 Å². The molecule has 154 valence electrons. The summed E-state index contributed by atoms with van der Waals surface area (Å²) in [5.41, 5.74) is 2.15. The van der Waals surface area contributed by atoms with Crippen LogP contribution in [-0.2, 0) is 13.1 Å². The predicted molar refractivity (Wildman–Crippen MR) is 124 cm³/mol. The molecule has 2 rings (SSSR count). The highest BCUT2D eigenvalue weighted by Crippen LogP contribution is 2.28. The molecule has 0 atom stereocenters. The summed E-state index contributed by atoms with van der Waals surface area (Å²) < 4.78 is 16.5. The SMILES string of the molecule is CCCOc1ccc(CNC(=NC)NCc2ccccc2OC)cc1OC.I. The summed E-state index contributed by atoms with van der Waals surface area (Å²) in [5, 5.41) is 6.61. The van der Waals surface area contributed by atoms with Gasteiger partial charge >= 0.3 is 0 Å². The fourth-order valence-corrected chi connectivity index (χ4v) is 2.59. The standard InChI is InChI=1S/C21H29N3O3.HI/c1-5-12-27-19-11-10-16(13-20(19)26-4)14-23-21(22-2)24-15-17-8-6-7-9-18(17)25-3;/h6-11,13H,5,12,14-15H2,1-4H3,(H2,22,23,24);1H. The molecule has 2 aromatic carbocycles. The minimum absolute atomic E-state index is 0. The second-order valence-electron chi connectivity index (χ2n) is 5.92. The molecule has 0 aliphatic carbocycles. The van der Waals surface area contributed by atoms with E-state index in [0.29, 0.717) is 25.7 Å². The first-order chi connectivity index (χ1) is 13.2. The molecule has 0 bridgehead atoms. The zero-order valence-electron chi connectivity index (χ0n) is 17.0. The van der Waals surface area contributed by atoms with Gasteiger partial charge in [-0.3, -0.25) is 4.99 Å². The second-order valence-corrected chi connectivity index (χ2v) is 5.92. The molecule has 28 heavy (non-hydrogen) atoms. The monoisotopic (exact) mass is 499 g/mol. The van der Waals surface area contributed by atoms with Gasteiger partial charge in [0.05, 0.1) is 20.8 Å². The van der Waals surface area contributed by atoms with Crippen molar-refractivity contribution in [1.29, 1.82) is 0 Å². The van der Waals surface area contributed by atoms with E-state index in [-0.39, 0.29) is 24.0 Å². The number of methoxy groups -OCH3 is 2. The molecule has 0 unspecified atom stereocenters. The lowest BCUT2D eigenvalue weighted by Gasteiger charge is -2.15. The van der Waals surface area contributed by atoms with E-state index in [2.05, 4.69) is 22.5 Å². The third-order valence-corrected chi connectivity index (χ3v) is 4.01. The Hall–Kier alpha value is -2.16. The summed E-state index contributed by atoms with van der Waals surface area (Å²) in [5.74, 6) is 3.07. The number of benzene rings is 2. The summed E-state index contributed by atoms with van der Waals surface area (Å²) in [7, 11) is 5.08. The lowest BCUT2D eigenvalue weighted by molar-refractivity contribution is 0.294. The van der Waals surface area contributed by atoms with Gasteiger partial charge in [-0.25, -0.2) is 0 Å². The maximum Gasteiger partial charge on any atom is 0.191 e. The van der Waals surface area contributed by atoms with Gasteiger partial charge in [-0.05, 0) is 30.2 Å². The maximum absolute atomic E-state index is 5.69. The number of nitrogens with one attached hydrogen (secondary N) is 2. The molecular weight excluding hydrogens is 469 g/mol. The second kappa shape index (κ2) is 13.1. The Bertz CT molecular complexity index is 753. The first kappa shape index (κ1) is 23.9. The molecule has 7 heteroatoms. The molecule has 0 amide bonds. The number of hydrogen-bond acceptors (Lipinski definition) is 4. The zero-order valence-corrected chi connectivity index (χ0v) is 19.3. The number of rotatable bonds is 9. The Balaban J connectivity index is 0.00000392. The summed E-state index contributed by atoms with van der Waals surface area (Å²) in [6, 6.07) is 13.9. The van der Waals surface area contributed by atoms with Crippen molar-refractivity contribution in [2.24, 2.45) is 4.99 Å². The average Bonchev–Trinajstić information content (AvgIpc) is 2.72. The first-order valence-electron chi connectivity index (χ1n) is 9.08. The van der Waals surface area contributed by atoms with Crippen molar-refractivity contribution < 1.29 is 14.2 Å². The van der Waals surface area contributed by atoms with E-state index in [4.69, 9.17) is 14.2 Å². The fraction of sp³-hybridized carbons (Fsp3) is 0.381. The molecule has 0 aromatic heterocycles. The minimum atomic E-state index is 0. The number of guanidine groups is 1. The van der Waals surface area contributed by atoms with Crippen molar-refractivity contribution in [3.63, 3.8) is 0 Å². The Labute approximate surface area is 184 Å². The van der Waals surface area contributed by atoms with Crippen LogP contribution < -0.4 is 24.8 Å². The van der Waals surface area contributed by atoms with Gasteiger partial charge in [-0.15, -0.1) is 24.0 Å². The summed E-state index contributed by atoms with van der Waals surface area (Å²) in [6.45, 7) is 3.99. The molecule has 6 nitrogen and oxygen atoms in total. The van der Waals surface area contributed by atoms with Crippen molar-refractivity contribution in [2.45, 2.75) is 26.4 Å². The third kappa shape index (κ3) is 7.10. The summed E-state index contributed by atoms with van der Waals surface area (Å²) in [4.78, 5) is 4.27. The van der Waals surface area contributed by atoms with Crippen LogP contribution in [0.4, 0.5) is 0 Å². The Morgan fingerprint density at radius 3 is 2.32 bits per heavy atom. The maximum atomic E-state index is 5.69. The van der Waals surface area contributed by atoms with E-state index >= 15 is 0 Å². The molecule has 0 saturated carbocycles. The van der Waals surface area contributed by atoms with Crippen molar-refractivity contribution >= 4 is 29.9 Å². The molecule has 0 radical (unpaired) electrons. The van der Waals surface area contributed by atoms with Crippen molar-refractivity contribution in [2.75, 3.05) is 27.9 Å². The molecule has 0 saturated heterocycles. The molecule has 0 fully saturated rings. The van der Waals surface area contributed by atoms with E-state index in [0.717, 1.165) is 34.8 Å². The zero-order chi connectivity index (χ0) is 19.5. The minimum Gasteiger partial charge on any atom is -0.496 e. The lowest BCUT2D eigenvalue weighted by atomic mass is 10.2. The van der Waals surface area contributed by atoms with Crippen LogP contribution in [0.15, 0.2) is 47.5 Å². The quantitative estimate of drug-likeness (QED) is 0.311. The fourth-order valence-electron chi connectivity index (χ4n) is 2.59. The Morgan fingerprint density at radius 1 is 0.929 bits per heavy atom. The summed E-state index contributed by atoms with van der Waals surface area (Å²) >= 11 is 0. The molecular formula is C21H30IN3O3. The van der Waals surface area contributed by atoms with E-state index < -0.39 is 0 Å². The van der Waals surface area contributed by atoms with Gasteiger partial charge in [0.1, 0.15) is 5.75 Å². The molecule has 2 aromatic rings. The number of para-hydroxylation sites is 1. The lowest BCUT2D eigenvalue weighted by Crippen LogP contribution is -2.36. The van der Waals surface area contributed by atoms with Gasteiger partial charge in [0.15, 0.2) is 17.5 Å². The van der Waals surface area contributed by atoms with Crippen LogP contribution in [0.25, 0.3) is 0 Å². The Kier molecular flexibility index (Phi) is 11.2. The summed E-state index contributed by atoms with van der Waals surface area (Å²) in [6.07, 6.45) is 0.959. The highest BCUT2D eigenvalue weighted by molar-refractivity contribution is 14.0. The smallest absolute Gasteiger partial charge is 0.191 e. The molecule has 2 N–H and O–H groups in total. The van der Waals surface area contributed by atoms with Crippen LogP contribution >= 0.6 is 24.0 Å². The number of nitrogens with zero attached hydrogens (tertiary/aromatic N) is 1. The van der Waals surface area contributed by atoms with Crippen molar-refractivity contribution in [3.05, 3.63) is 53.6 Å². The molecule has 0 aliphatic rings. The van der Waals surface area contributed by atoms with Crippen molar-refractivity contribution in [3.8, 4) is 17.2 Å². The average molecular weight is 499 g/mol. The van der Waals surface area contributed by atoms with Crippen LogP contribution in [0, 0.1) is 0 Å². The van der Waals surface area contributed by atoms with E-state index in [9.17, 15) is 0 Å². The van der Waals surface area contributed by atoms with Crippen molar-refractivity contribution in [1.82, 2.24) is 10.6 Å². The number of halogens is 1. The highest BCUT2D eigenvalue weighted by atomic mass is 127. The normalized spacial score (nSPS) is 10.6. The van der Waals surface area contributed by atoms with Gasteiger partial charge in [0.2, 0.25) is 0 Å². The topological polar surface area (TPSA) is 64.1 Å². The van der Waals surface area contributed by atoms with Gasteiger partial charge < -0.3 is 24.8 Å². The molecule has 0 spiro atoms. The van der Waals surface area contributed by atoms with Crippen LogP contribution in [-0.4, -0.2) is 33.8 Å². The van der Waals surface area contributed by atoms with Crippen LogP contribution in [0.2, 0.25) is 0 Å². The van der Waals surface area contributed by atoms with Gasteiger partial charge in [-0.2, -0.15) is 0 Å². The van der Waals surface area contributed by atoms with E-state index in [1.807, 2.05) is 42.5 Å². The molecule has 0 heterocycles. The van der Waals surface area contributed by atoms with E-state index in [1.165, 1.54) is 0 Å². The first-order valence-corrected chi connectivity index (χ1v) is 9.08. The Morgan fingerprint density at radius 2 is 1.64 bits per heavy atom. The number of aliphatic imine (C=N–C) groups is 1. The van der Waals surface area contributed by atoms with Gasteiger partial charge in [0, 0.05) is 25.7 Å². The van der Waals surface area contributed by atoms with Crippen LogP contribution in [0.1, 0.15) is 24.5 Å². The molecule has 0 aliphatic heterocycles. The third-order valence-electron chi connectivity index (χ3n) is 4.01. The largest absolute Gasteiger partial charge is 0.496 e.